The number of phenols is 1. The van der Waals surface area contributed by atoms with E-state index in [0.717, 1.165) is 30.2 Å². The summed E-state index contributed by atoms with van der Waals surface area (Å²) in [5.74, 6) is -1.35. The molecule has 0 unspecified atom stereocenters. The summed E-state index contributed by atoms with van der Waals surface area (Å²) in [7, 11) is 0. The van der Waals surface area contributed by atoms with Gasteiger partial charge in [-0.3, -0.25) is 14.4 Å². The number of thioether (sulfide) groups is 1. The Morgan fingerprint density at radius 3 is 2.15 bits per heavy atom. The van der Waals surface area contributed by atoms with Gasteiger partial charge in [0.1, 0.15) is 17.3 Å². The predicted molar refractivity (Wildman–Crippen MR) is 131 cm³/mol. The number of amides is 2. The van der Waals surface area contributed by atoms with Gasteiger partial charge in [-0.1, -0.05) is 50.6 Å². The molecule has 0 spiro atoms. The van der Waals surface area contributed by atoms with E-state index < -0.39 is 28.7 Å². The molecule has 0 radical (unpaired) electrons. The van der Waals surface area contributed by atoms with Crippen molar-refractivity contribution in [3.63, 3.8) is 0 Å². The monoisotopic (exact) mass is 492 g/mol. The highest BCUT2D eigenvalue weighted by molar-refractivity contribution is 8.14. The number of benzene rings is 1. The van der Waals surface area contributed by atoms with E-state index in [9.17, 15) is 24.3 Å². The second-order valence-corrected chi connectivity index (χ2v) is 10.8. The molecule has 34 heavy (non-hydrogen) atoms. The van der Waals surface area contributed by atoms with E-state index in [1.807, 2.05) is 13.8 Å². The number of nitrogens with one attached hydrogen (secondary N) is 2. The van der Waals surface area contributed by atoms with E-state index in [4.69, 9.17) is 4.74 Å². The number of phenolic OH excluding ortho intramolecular Hbond substituents is 1. The van der Waals surface area contributed by atoms with Crippen LogP contribution >= 0.6 is 11.8 Å². The molecule has 2 atom stereocenters. The first-order valence-electron chi connectivity index (χ1n) is 11.7. The van der Waals surface area contributed by atoms with Crippen LogP contribution in [0.1, 0.15) is 65.9 Å². The van der Waals surface area contributed by atoms with Crippen LogP contribution in [0.2, 0.25) is 0 Å². The molecule has 8 nitrogen and oxygen atoms in total. The van der Waals surface area contributed by atoms with Gasteiger partial charge in [-0.2, -0.15) is 0 Å². The van der Waals surface area contributed by atoms with Crippen molar-refractivity contribution in [2.45, 2.75) is 89.7 Å². The molecule has 1 aliphatic carbocycles. The van der Waals surface area contributed by atoms with Crippen molar-refractivity contribution in [2.75, 3.05) is 0 Å². The van der Waals surface area contributed by atoms with Crippen LogP contribution in [-0.4, -0.2) is 50.9 Å². The molecule has 1 fully saturated rings. The summed E-state index contributed by atoms with van der Waals surface area (Å²) >= 11 is 0.961. The zero-order valence-corrected chi connectivity index (χ0v) is 21.4. The van der Waals surface area contributed by atoms with Crippen molar-refractivity contribution in [1.82, 2.24) is 10.6 Å². The van der Waals surface area contributed by atoms with Crippen molar-refractivity contribution in [3.8, 4) is 5.75 Å². The molecular formula is C25H36N2O6S. The van der Waals surface area contributed by atoms with Crippen LogP contribution in [0.3, 0.4) is 0 Å². The van der Waals surface area contributed by atoms with E-state index in [1.54, 1.807) is 26.0 Å². The first kappa shape index (κ1) is 27.7. The van der Waals surface area contributed by atoms with Gasteiger partial charge in [-0.05, 0) is 50.3 Å². The topological polar surface area (TPSA) is 122 Å². The van der Waals surface area contributed by atoms with Crippen LogP contribution in [0.15, 0.2) is 24.3 Å². The van der Waals surface area contributed by atoms with Crippen LogP contribution in [-0.2, 0) is 30.3 Å². The Kier molecular flexibility index (Phi) is 9.97. The molecule has 2 rings (SSSR count). The largest absolute Gasteiger partial charge is 0.508 e. The van der Waals surface area contributed by atoms with Crippen LogP contribution in [0.4, 0.5) is 0 Å². The molecule has 2 amide bonds. The van der Waals surface area contributed by atoms with Gasteiger partial charge in [0.25, 0.3) is 0 Å². The van der Waals surface area contributed by atoms with E-state index in [1.165, 1.54) is 19.1 Å². The first-order valence-corrected chi connectivity index (χ1v) is 12.6. The molecular weight excluding hydrogens is 456 g/mol. The van der Waals surface area contributed by atoms with Crippen LogP contribution in [0.25, 0.3) is 0 Å². The summed E-state index contributed by atoms with van der Waals surface area (Å²) in [5.41, 5.74) is -0.404. The van der Waals surface area contributed by atoms with Gasteiger partial charge < -0.3 is 20.5 Å². The van der Waals surface area contributed by atoms with Gasteiger partial charge in [-0.25, -0.2) is 4.79 Å². The third kappa shape index (κ3) is 7.75. The molecule has 3 N–H and O–H groups in total. The maximum absolute atomic E-state index is 13.5. The van der Waals surface area contributed by atoms with E-state index in [2.05, 4.69) is 10.6 Å². The fourth-order valence-electron chi connectivity index (χ4n) is 4.04. The first-order chi connectivity index (χ1) is 15.9. The second-order valence-electron chi connectivity index (χ2n) is 9.43. The molecule has 0 saturated heterocycles. The van der Waals surface area contributed by atoms with E-state index in [-0.39, 0.29) is 35.2 Å². The summed E-state index contributed by atoms with van der Waals surface area (Å²) in [6, 6.07) is 5.42. The van der Waals surface area contributed by atoms with Gasteiger partial charge in [0, 0.05) is 13.3 Å². The number of carbonyl (C=O) groups is 4. The number of carbonyl (C=O) groups excluding carboxylic acids is 4. The molecule has 0 aromatic heterocycles. The van der Waals surface area contributed by atoms with Crippen LogP contribution < -0.4 is 10.6 Å². The standard InChI is InChI=1S/C25H36N2O6S/c1-15(2)21(34-17(5)28)22(30)27-25(12-6-7-13-25)24(32)26-20(23(31)33-16(3)4)14-18-8-10-19(29)11-9-18/h8-11,15-16,20-21,29H,6-7,12-14H2,1-5H3,(H,26,32)(H,27,30)/t20-,21+/m0/s1. The zero-order chi connectivity index (χ0) is 25.5. The highest BCUT2D eigenvalue weighted by Gasteiger charge is 2.45. The smallest absolute Gasteiger partial charge is 0.329 e. The molecule has 1 aromatic rings. The van der Waals surface area contributed by atoms with Crippen molar-refractivity contribution < 1.29 is 29.0 Å². The van der Waals surface area contributed by atoms with Crippen LogP contribution in [0, 0.1) is 5.92 Å². The molecule has 0 aliphatic heterocycles. The molecule has 188 valence electrons. The summed E-state index contributed by atoms with van der Waals surface area (Å²) < 4.78 is 5.37. The average Bonchev–Trinajstić information content (AvgIpc) is 3.21. The lowest BCUT2D eigenvalue weighted by molar-refractivity contribution is -0.152. The fraction of sp³-hybridized carbons (Fsp3) is 0.600. The quantitative estimate of drug-likeness (QED) is 0.429. The average molecular weight is 493 g/mol. The minimum Gasteiger partial charge on any atom is -0.508 e. The predicted octanol–water partition coefficient (Wildman–Crippen LogP) is 3.10. The molecule has 1 saturated carbocycles. The number of esters is 1. The third-order valence-electron chi connectivity index (χ3n) is 5.73. The van der Waals surface area contributed by atoms with Crippen molar-refractivity contribution in [3.05, 3.63) is 29.8 Å². The number of hydrogen-bond donors (Lipinski definition) is 3. The lowest BCUT2D eigenvalue weighted by atomic mass is 9.94. The Morgan fingerprint density at radius 1 is 1.06 bits per heavy atom. The van der Waals surface area contributed by atoms with Gasteiger partial charge in [0.2, 0.25) is 11.8 Å². The highest BCUT2D eigenvalue weighted by atomic mass is 32.2. The number of rotatable bonds is 10. The minimum absolute atomic E-state index is 0.0984. The number of aromatic hydroxyl groups is 1. The Labute approximate surface area is 205 Å². The summed E-state index contributed by atoms with van der Waals surface area (Å²) in [5, 5.41) is 14.5. The van der Waals surface area contributed by atoms with Crippen molar-refractivity contribution in [1.29, 1.82) is 0 Å². The molecule has 1 aliphatic rings. The van der Waals surface area contributed by atoms with Crippen molar-refractivity contribution in [2.24, 2.45) is 5.92 Å². The molecule has 0 heterocycles. The zero-order valence-electron chi connectivity index (χ0n) is 20.6. The summed E-state index contributed by atoms with van der Waals surface area (Å²) in [4.78, 5) is 51.1. The maximum atomic E-state index is 13.5. The number of ether oxygens (including phenoxy) is 1. The minimum atomic E-state index is -1.15. The maximum Gasteiger partial charge on any atom is 0.329 e. The number of hydrogen-bond acceptors (Lipinski definition) is 7. The lowest BCUT2D eigenvalue weighted by Gasteiger charge is -2.33. The Balaban J connectivity index is 2.24. The van der Waals surface area contributed by atoms with Gasteiger partial charge >= 0.3 is 5.97 Å². The lowest BCUT2D eigenvalue weighted by Crippen LogP contribution is -2.61. The van der Waals surface area contributed by atoms with Gasteiger partial charge in [-0.15, -0.1) is 0 Å². The van der Waals surface area contributed by atoms with Gasteiger partial charge in [0.15, 0.2) is 5.12 Å². The van der Waals surface area contributed by atoms with Crippen LogP contribution in [0.5, 0.6) is 5.75 Å². The van der Waals surface area contributed by atoms with E-state index in [0.29, 0.717) is 12.8 Å². The highest BCUT2D eigenvalue weighted by Crippen LogP contribution is 2.32. The summed E-state index contributed by atoms with van der Waals surface area (Å²) in [6.45, 7) is 8.59. The molecule has 1 aromatic carbocycles. The fourth-order valence-corrected chi connectivity index (χ4v) is 4.83. The SMILES string of the molecule is CC(=O)S[C@@H](C(=O)NC1(C(=O)N[C@@H](Cc2ccc(O)cc2)C(=O)OC(C)C)CCCC1)C(C)C. The molecule has 0 bridgehead atoms. The molecule has 9 heteroatoms. The van der Waals surface area contributed by atoms with Gasteiger partial charge in [0.05, 0.1) is 11.4 Å². The van der Waals surface area contributed by atoms with Crippen molar-refractivity contribution >= 4 is 34.7 Å². The van der Waals surface area contributed by atoms with E-state index >= 15 is 0 Å². The normalized spacial score (nSPS) is 16.7. The Morgan fingerprint density at radius 2 is 1.65 bits per heavy atom. The summed E-state index contributed by atoms with van der Waals surface area (Å²) in [6.07, 6.45) is 2.24. The Bertz CT molecular complexity index is 878. The second kappa shape index (κ2) is 12.2. The Hall–Kier alpha value is -2.55. The third-order valence-corrected chi connectivity index (χ3v) is 7.07.